The fourth-order valence-electron chi connectivity index (χ4n) is 4.15. The molecule has 1 aliphatic carbocycles. The Morgan fingerprint density at radius 3 is 2.79 bits per heavy atom. The number of nitrogens with one attached hydrogen (secondary N) is 1. The summed E-state index contributed by atoms with van der Waals surface area (Å²) >= 11 is 0. The van der Waals surface area contributed by atoms with Gasteiger partial charge in [0.25, 0.3) is 5.91 Å². The summed E-state index contributed by atoms with van der Waals surface area (Å²) in [4.78, 5) is 21.5. The van der Waals surface area contributed by atoms with E-state index in [-0.39, 0.29) is 23.9 Å². The van der Waals surface area contributed by atoms with E-state index < -0.39 is 5.82 Å². The molecule has 1 amide bonds. The molecule has 1 aliphatic rings. The Labute approximate surface area is 192 Å². The molecule has 8 nitrogen and oxygen atoms in total. The van der Waals surface area contributed by atoms with Crippen molar-refractivity contribution in [1.82, 2.24) is 25.1 Å². The fourth-order valence-corrected chi connectivity index (χ4v) is 4.15. The van der Waals surface area contributed by atoms with Gasteiger partial charge in [-0.25, -0.2) is 14.4 Å². The van der Waals surface area contributed by atoms with E-state index in [2.05, 4.69) is 20.4 Å². The number of methoxy groups -OCH3 is 1. The van der Waals surface area contributed by atoms with Gasteiger partial charge in [-0.05, 0) is 68.4 Å². The fraction of sp³-hybridized carbons (Fsp3) is 0.417. The maximum Gasteiger partial charge on any atom is 0.270 e. The molecule has 2 aromatic heterocycles. The van der Waals surface area contributed by atoms with Crippen molar-refractivity contribution in [2.24, 2.45) is 11.7 Å². The molecule has 0 saturated heterocycles. The van der Waals surface area contributed by atoms with Crippen LogP contribution in [0.1, 0.15) is 47.4 Å². The summed E-state index contributed by atoms with van der Waals surface area (Å²) < 4.78 is 20.5. The lowest BCUT2D eigenvalue weighted by Crippen LogP contribution is -2.28. The van der Waals surface area contributed by atoms with E-state index in [0.29, 0.717) is 23.5 Å². The maximum absolute atomic E-state index is 13.6. The van der Waals surface area contributed by atoms with Crippen LogP contribution in [0.25, 0.3) is 11.4 Å². The number of aromatic nitrogens is 4. The van der Waals surface area contributed by atoms with E-state index >= 15 is 0 Å². The van der Waals surface area contributed by atoms with Crippen LogP contribution in [0.3, 0.4) is 0 Å². The van der Waals surface area contributed by atoms with Gasteiger partial charge in [0.05, 0.1) is 7.11 Å². The molecule has 0 aliphatic heterocycles. The first-order valence-electron chi connectivity index (χ1n) is 11.2. The number of halogens is 1. The third kappa shape index (κ3) is 5.73. The molecule has 0 unspecified atom stereocenters. The first-order valence-corrected chi connectivity index (χ1v) is 11.2. The highest BCUT2D eigenvalue weighted by Crippen LogP contribution is 2.25. The third-order valence-corrected chi connectivity index (χ3v) is 5.99. The van der Waals surface area contributed by atoms with Crippen molar-refractivity contribution in [3.63, 3.8) is 0 Å². The van der Waals surface area contributed by atoms with Crippen LogP contribution >= 0.6 is 0 Å². The molecular formula is C24H29FN6O2. The molecule has 1 saturated carbocycles. The highest BCUT2D eigenvalue weighted by atomic mass is 19.1. The molecule has 0 bridgehead atoms. The second kappa shape index (κ2) is 10.1. The van der Waals surface area contributed by atoms with Crippen molar-refractivity contribution in [2.45, 2.75) is 51.7 Å². The Balaban J connectivity index is 1.43. The van der Waals surface area contributed by atoms with E-state index in [1.165, 1.54) is 13.2 Å². The van der Waals surface area contributed by atoms with Gasteiger partial charge < -0.3 is 15.8 Å². The summed E-state index contributed by atoms with van der Waals surface area (Å²) in [6, 6.07) is 8.34. The molecule has 1 fully saturated rings. The SMILES string of the molecule is COc1cc(CNC(=O)c2cc(-c3ncn(C[C@H]4CC[C@H](N)CC4)n3)cc(C)n2)ccc1F. The van der Waals surface area contributed by atoms with Crippen LogP contribution in [-0.2, 0) is 13.1 Å². The van der Waals surface area contributed by atoms with Gasteiger partial charge in [-0.1, -0.05) is 6.07 Å². The van der Waals surface area contributed by atoms with Crippen LogP contribution in [0.5, 0.6) is 5.75 Å². The zero-order valence-electron chi connectivity index (χ0n) is 18.9. The van der Waals surface area contributed by atoms with E-state index in [1.807, 2.05) is 17.7 Å². The number of carbonyl (C=O) groups is 1. The summed E-state index contributed by atoms with van der Waals surface area (Å²) in [6.07, 6.45) is 6.06. The molecule has 3 aromatic rings. The first kappa shape index (κ1) is 22.8. The Bertz CT molecular complexity index is 1120. The molecule has 0 spiro atoms. The Kier molecular flexibility index (Phi) is 6.98. The Morgan fingerprint density at radius 2 is 2.03 bits per heavy atom. The first-order chi connectivity index (χ1) is 15.9. The van der Waals surface area contributed by atoms with Crippen molar-refractivity contribution in [3.05, 3.63) is 59.4 Å². The van der Waals surface area contributed by atoms with Crippen LogP contribution in [-0.4, -0.2) is 38.8 Å². The van der Waals surface area contributed by atoms with Gasteiger partial charge in [-0.3, -0.25) is 9.48 Å². The summed E-state index contributed by atoms with van der Waals surface area (Å²) in [7, 11) is 1.40. The topological polar surface area (TPSA) is 108 Å². The minimum Gasteiger partial charge on any atom is -0.494 e. The van der Waals surface area contributed by atoms with Gasteiger partial charge in [0.1, 0.15) is 12.0 Å². The summed E-state index contributed by atoms with van der Waals surface area (Å²) in [6.45, 7) is 2.87. The smallest absolute Gasteiger partial charge is 0.270 e. The van der Waals surface area contributed by atoms with E-state index in [4.69, 9.17) is 10.5 Å². The average Bonchev–Trinajstić information content (AvgIpc) is 3.28. The van der Waals surface area contributed by atoms with Gasteiger partial charge in [0.2, 0.25) is 0 Å². The lowest BCUT2D eigenvalue weighted by Gasteiger charge is -2.25. The number of benzene rings is 1. The summed E-state index contributed by atoms with van der Waals surface area (Å²) in [5.74, 6) is 0.475. The predicted molar refractivity (Wildman–Crippen MR) is 122 cm³/mol. The Hall–Kier alpha value is -3.33. The number of pyridine rings is 1. The molecule has 174 valence electrons. The van der Waals surface area contributed by atoms with Crippen LogP contribution in [0.2, 0.25) is 0 Å². The van der Waals surface area contributed by atoms with Crippen molar-refractivity contribution in [1.29, 1.82) is 0 Å². The number of amides is 1. The number of aryl methyl sites for hydroxylation is 1. The zero-order chi connectivity index (χ0) is 23.4. The average molecular weight is 453 g/mol. The normalized spacial score (nSPS) is 18.2. The van der Waals surface area contributed by atoms with Gasteiger partial charge >= 0.3 is 0 Å². The number of nitrogens with zero attached hydrogens (tertiary/aromatic N) is 4. The zero-order valence-corrected chi connectivity index (χ0v) is 18.9. The number of carbonyl (C=O) groups excluding carboxylic acids is 1. The lowest BCUT2D eigenvalue weighted by molar-refractivity contribution is 0.0945. The summed E-state index contributed by atoms with van der Waals surface area (Å²) in [5.41, 5.74) is 8.43. The van der Waals surface area contributed by atoms with Crippen molar-refractivity contribution < 1.29 is 13.9 Å². The molecule has 0 radical (unpaired) electrons. The van der Waals surface area contributed by atoms with Crippen molar-refractivity contribution in [2.75, 3.05) is 7.11 Å². The van der Waals surface area contributed by atoms with Gasteiger partial charge in [0.15, 0.2) is 17.4 Å². The van der Waals surface area contributed by atoms with E-state index in [0.717, 1.165) is 43.4 Å². The summed E-state index contributed by atoms with van der Waals surface area (Å²) in [5, 5.41) is 7.44. The highest BCUT2D eigenvalue weighted by Gasteiger charge is 2.20. The van der Waals surface area contributed by atoms with E-state index in [1.54, 1.807) is 24.5 Å². The monoisotopic (exact) mass is 452 g/mol. The minimum absolute atomic E-state index is 0.135. The highest BCUT2D eigenvalue weighted by molar-refractivity contribution is 5.93. The minimum atomic E-state index is -0.448. The van der Waals surface area contributed by atoms with Crippen molar-refractivity contribution in [3.8, 4) is 17.1 Å². The largest absolute Gasteiger partial charge is 0.494 e. The van der Waals surface area contributed by atoms with Gasteiger partial charge in [0, 0.05) is 30.4 Å². The number of rotatable bonds is 7. The predicted octanol–water partition coefficient (Wildman–Crippen LogP) is 3.24. The molecule has 0 atom stereocenters. The second-order valence-corrected chi connectivity index (χ2v) is 8.61. The van der Waals surface area contributed by atoms with Crippen LogP contribution in [0, 0.1) is 18.7 Å². The van der Waals surface area contributed by atoms with Gasteiger partial charge in [-0.15, -0.1) is 0 Å². The number of ether oxygens (including phenoxy) is 1. The van der Waals surface area contributed by atoms with Crippen LogP contribution in [0.15, 0.2) is 36.7 Å². The quantitative estimate of drug-likeness (QED) is 0.570. The van der Waals surface area contributed by atoms with E-state index in [9.17, 15) is 9.18 Å². The molecule has 9 heteroatoms. The van der Waals surface area contributed by atoms with Crippen molar-refractivity contribution >= 4 is 5.91 Å². The Morgan fingerprint density at radius 1 is 1.24 bits per heavy atom. The second-order valence-electron chi connectivity index (χ2n) is 8.61. The van der Waals surface area contributed by atoms with Gasteiger partial charge in [-0.2, -0.15) is 5.10 Å². The van der Waals surface area contributed by atoms with Crippen LogP contribution in [0.4, 0.5) is 4.39 Å². The van der Waals surface area contributed by atoms with Crippen LogP contribution < -0.4 is 15.8 Å². The molecule has 3 N–H and O–H groups in total. The number of hydrogen-bond acceptors (Lipinski definition) is 6. The maximum atomic E-state index is 13.6. The molecular weight excluding hydrogens is 423 g/mol. The standard InChI is InChI=1S/C24H29FN6O2/c1-15-9-18(23-28-14-31(30-23)13-16-3-6-19(26)7-4-16)11-21(29-15)24(32)27-12-17-5-8-20(25)22(10-17)33-2/h5,8-11,14,16,19H,3-4,6-7,12-13,26H2,1-2H3,(H,27,32)/t16-,19-. The number of nitrogens with two attached hydrogens (primary N) is 1. The molecule has 2 heterocycles. The lowest BCUT2D eigenvalue weighted by atomic mass is 9.86. The molecule has 4 rings (SSSR count). The molecule has 33 heavy (non-hydrogen) atoms. The third-order valence-electron chi connectivity index (χ3n) is 5.99. The molecule has 1 aromatic carbocycles. The number of hydrogen-bond donors (Lipinski definition) is 2.